The minimum Gasteiger partial charge on any atom is -0.329 e. The van der Waals surface area contributed by atoms with Crippen LogP contribution in [0, 0.1) is 0 Å². The molecule has 2 heterocycles. The molecule has 0 aliphatic heterocycles. The Bertz CT molecular complexity index is 642. The molecular formula is C15H17N3S. The summed E-state index contributed by atoms with van der Waals surface area (Å²) in [7, 11) is 0. The molecule has 0 aliphatic rings. The molecule has 98 valence electrons. The average molecular weight is 271 g/mol. The average Bonchev–Trinajstić information content (AvgIpc) is 3.08. The molecule has 19 heavy (non-hydrogen) atoms. The summed E-state index contributed by atoms with van der Waals surface area (Å²) in [6.45, 7) is 4.09. The number of benzene rings is 1. The third-order valence-electron chi connectivity index (χ3n) is 3.30. The van der Waals surface area contributed by atoms with Crippen LogP contribution in [0.4, 0.5) is 0 Å². The highest BCUT2D eigenvalue weighted by Gasteiger charge is 2.05. The highest BCUT2D eigenvalue weighted by atomic mass is 32.1. The molecule has 1 unspecified atom stereocenters. The standard InChI is InChI=1S/C15H17N3S/c1-12(15-7-4-10-19-15)16-8-9-18-11-17-13-5-2-3-6-14(13)18/h2-7,10-12,16H,8-9H2,1H3. The van der Waals surface area contributed by atoms with Gasteiger partial charge < -0.3 is 9.88 Å². The molecule has 3 nitrogen and oxygen atoms in total. The zero-order valence-corrected chi connectivity index (χ0v) is 11.7. The van der Waals surface area contributed by atoms with E-state index in [1.807, 2.05) is 18.5 Å². The van der Waals surface area contributed by atoms with Crippen molar-refractivity contribution >= 4 is 22.4 Å². The first kappa shape index (κ1) is 12.4. The van der Waals surface area contributed by atoms with Gasteiger partial charge in [-0.2, -0.15) is 0 Å². The first-order chi connectivity index (χ1) is 9.34. The van der Waals surface area contributed by atoms with Gasteiger partial charge in [-0.1, -0.05) is 18.2 Å². The number of para-hydroxylation sites is 2. The summed E-state index contributed by atoms with van der Waals surface area (Å²) in [5, 5.41) is 5.67. The lowest BCUT2D eigenvalue weighted by Gasteiger charge is -2.12. The van der Waals surface area contributed by atoms with Gasteiger partial charge in [-0.3, -0.25) is 0 Å². The molecule has 0 spiro atoms. The molecule has 3 rings (SSSR count). The summed E-state index contributed by atoms with van der Waals surface area (Å²) >= 11 is 1.80. The molecule has 1 atom stereocenters. The lowest BCUT2D eigenvalue weighted by Crippen LogP contribution is -2.22. The van der Waals surface area contributed by atoms with Crippen molar-refractivity contribution in [3.63, 3.8) is 0 Å². The van der Waals surface area contributed by atoms with E-state index in [1.54, 1.807) is 11.3 Å². The van der Waals surface area contributed by atoms with Crippen LogP contribution in [0.3, 0.4) is 0 Å². The maximum atomic E-state index is 4.40. The van der Waals surface area contributed by atoms with Gasteiger partial charge in [0.15, 0.2) is 0 Å². The summed E-state index contributed by atoms with van der Waals surface area (Å²) in [4.78, 5) is 5.79. The van der Waals surface area contributed by atoms with Crippen LogP contribution in [-0.2, 0) is 6.54 Å². The van der Waals surface area contributed by atoms with Crippen LogP contribution in [0.1, 0.15) is 17.8 Å². The maximum absolute atomic E-state index is 4.40. The van der Waals surface area contributed by atoms with Crippen molar-refractivity contribution in [2.45, 2.75) is 19.5 Å². The smallest absolute Gasteiger partial charge is 0.0958 e. The molecule has 0 aliphatic carbocycles. The van der Waals surface area contributed by atoms with Crippen LogP contribution in [0.15, 0.2) is 48.1 Å². The predicted molar refractivity (Wildman–Crippen MR) is 80.5 cm³/mol. The zero-order chi connectivity index (χ0) is 13.1. The van der Waals surface area contributed by atoms with Gasteiger partial charge in [-0.25, -0.2) is 4.98 Å². The summed E-state index contributed by atoms with van der Waals surface area (Å²) in [6.07, 6.45) is 1.92. The highest BCUT2D eigenvalue weighted by molar-refractivity contribution is 7.10. The second-order valence-electron chi connectivity index (χ2n) is 4.62. The predicted octanol–water partition coefficient (Wildman–Crippen LogP) is 3.45. The first-order valence-electron chi connectivity index (χ1n) is 6.51. The highest BCUT2D eigenvalue weighted by Crippen LogP contribution is 2.18. The van der Waals surface area contributed by atoms with Gasteiger partial charge in [0, 0.05) is 24.0 Å². The van der Waals surface area contributed by atoms with Crippen molar-refractivity contribution in [2.75, 3.05) is 6.54 Å². The third kappa shape index (κ3) is 2.69. The van der Waals surface area contributed by atoms with Crippen molar-refractivity contribution in [1.29, 1.82) is 0 Å². The Kier molecular flexibility index (Phi) is 3.62. The molecule has 0 amide bonds. The second-order valence-corrected chi connectivity index (χ2v) is 5.60. The van der Waals surface area contributed by atoms with Gasteiger partial charge in [-0.15, -0.1) is 11.3 Å². The molecule has 3 aromatic rings. The van der Waals surface area contributed by atoms with Crippen LogP contribution in [0.5, 0.6) is 0 Å². The van der Waals surface area contributed by atoms with Crippen LogP contribution in [0.2, 0.25) is 0 Å². The van der Waals surface area contributed by atoms with E-state index in [2.05, 4.69) is 51.4 Å². The molecule has 2 aromatic heterocycles. The molecule has 0 fully saturated rings. The summed E-state index contributed by atoms with van der Waals surface area (Å²) in [5.41, 5.74) is 2.27. The van der Waals surface area contributed by atoms with E-state index in [0.29, 0.717) is 6.04 Å². The van der Waals surface area contributed by atoms with Crippen LogP contribution >= 0.6 is 11.3 Å². The van der Waals surface area contributed by atoms with E-state index in [9.17, 15) is 0 Å². The fraction of sp³-hybridized carbons (Fsp3) is 0.267. The van der Waals surface area contributed by atoms with E-state index in [0.717, 1.165) is 18.6 Å². The van der Waals surface area contributed by atoms with Crippen LogP contribution in [-0.4, -0.2) is 16.1 Å². The third-order valence-corrected chi connectivity index (χ3v) is 4.36. The Morgan fingerprint density at radius 1 is 1.26 bits per heavy atom. The van der Waals surface area contributed by atoms with E-state index in [4.69, 9.17) is 0 Å². The molecule has 1 N–H and O–H groups in total. The number of rotatable bonds is 5. The Balaban J connectivity index is 1.61. The van der Waals surface area contributed by atoms with Crippen molar-refractivity contribution in [1.82, 2.24) is 14.9 Å². The maximum Gasteiger partial charge on any atom is 0.0958 e. The fourth-order valence-electron chi connectivity index (χ4n) is 2.23. The number of hydrogen-bond donors (Lipinski definition) is 1. The van der Waals surface area contributed by atoms with Gasteiger partial charge in [-0.05, 0) is 30.5 Å². The number of fused-ring (bicyclic) bond motifs is 1. The number of hydrogen-bond acceptors (Lipinski definition) is 3. The minimum absolute atomic E-state index is 0.412. The fourth-order valence-corrected chi connectivity index (χ4v) is 2.99. The van der Waals surface area contributed by atoms with Gasteiger partial charge in [0.1, 0.15) is 0 Å². The van der Waals surface area contributed by atoms with Gasteiger partial charge in [0.05, 0.1) is 17.4 Å². The molecular weight excluding hydrogens is 254 g/mol. The van der Waals surface area contributed by atoms with Gasteiger partial charge in [0.25, 0.3) is 0 Å². The SMILES string of the molecule is CC(NCCn1cnc2ccccc21)c1cccs1. The Hall–Kier alpha value is -1.65. The zero-order valence-electron chi connectivity index (χ0n) is 10.9. The lowest BCUT2D eigenvalue weighted by molar-refractivity contribution is 0.541. The number of aromatic nitrogens is 2. The van der Waals surface area contributed by atoms with E-state index in [1.165, 1.54) is 10.4 Å². The Morgan fingerprint density at radius 2 is 2.16 bits per heavy atom. The number of nitrogens with zero attached hydrogens (tertiary/aromatic N) is 2. The molecule has 0 saturated carbocycles. The summed E-state index contributed by atoms with van der Waals surface area (Å²) < 4.78 is 2.20. The molecule has 0 radical (unpaired) electrons. The second kappa shape index (κ2) is 5.55. The summed E-state index contributed by atoms with van der Waals surface area (Å²) in [5.74, 6) is 0. The van der Waals surface area contributed by atoms with Crippen molar-refractivity contribution in [3.05, 3.63) is 53.0 Å². The first-order valence-corrected chi connectivity index (χ1v) is 7.39. The van der Waals surface area contributed by atoms with Gasteiger partial charge in [0.2, 0.25) is 0 Å². The Morgan fingerprint density at radius 3 is 3.00 bits per heavy atom. The number of thiophene rings is 1. The normalized spacial score (nSPS) is 12.9. The van der Waals surface area contributed by atoms with Gasteiger partial charge >= 0.3 is 0 Å². The molecule has 0 saturated heterocycles. The van der Waals surface area contributed by atoms with Crippen LogP contribution in [0.25, 0.3) is 11.0 Å². The van der Waals surface area contributed by atoms with Crippen molar-refractivity contribution in [2.24, 2.45) is 0 Å². The Labute approximate surface area is 116 Å². The van der Waals surface area contributed by atoms with Crippen molar-refractivity contribution in [3.8, 4) is 0 Å². The van der Waals surface area contributed by atoms with Crippen LogP contribution < -0.4 is 5.32 Å². The number of nitrogens with one attached hydrogen (secondary N) is 1. The largest absolute Gasteiger partial charge is 0.329 e. The topological polar surface area (TPSA) is 29.9 Å². The lowest BCUT2D eigenvalue weighted by atomic mass is 10.3. The van der Waals surface area contributed by atoms with Crippen molar-refractivity contribution < 1.29 is 0 Å². The monoisotopic (exact) mass is 271 g/mol. The van der Waals surface area contributed by atoms with E-state index in [-0.39, 0.29) is 0 Å². The summed E-state index contributed by atoms with van der Waals surface area (Å²) in [6, 6.07) is 12.9. The number of imidazole rings is 1. The molecule has 0 bridgehead atoms. The molecule has 4 heteroatoms. The molecule has 1 aromatic carbocycles. The van der Waals surface area contributed by atoms with E-state index >= 15 is 0 Å². The quantitative estimate of drug-likeness (QED) is 0.770. The minimum atomic E-state index is 0.412. The van der Waals surface area contributed by atoms with E-state index < -0.39 is 0 Å².